The lowest BCUT2D eigenvalue weighted by Crippen LogP contribution is -2.35. The Hall–Kier alpha value is -5.21. The number of hydrogen-bond acceptors (Lipinski definition) is 6. The normalized spacial score (nSPS) is 18.2. The number of aromatic nitrogens is 5. The van der Waals surface area contributed by atoms with Crippen LogP contribution in [0.4, 0.5) is 26.3 Å². The van der Waals surface area contributed by atoms with Gasteiger partial charge in [-0.2, -0.15) is 19.0 Å². The molecule has 1 amide bonds. The quantitative estimate of drug-likeness (QED) is 0.146. The van der Waals surface area contributed by atoms with Crippen LogP contribution in [0.25, 0.3) is 22.2 Å². The van der Waals surface area contributed by atoms with Gasteiger partial charge < -0.3 is 10.1 Å². The van der Waals surface area contributed by atoms with Gasteiger partial charge in [-0.3, -0.25) is 14.6 Å². The second-order valence-electron chi connectivity index (χ2n) is 11.6. The highest BCUT2D eigenvalue weighted by Gasteiger charge is 2.67. The van der Waals surface area contributed by atoms with Crippen LogP contribution in [0.2, 0.25) is 0 Å². The predicted octanol–water partition coefficient (Wildman–Crippen LogP) is 6.13. The predicted molar refractivity (Wildman–Crippen MR) is 154 cm³/mol. The number of nitrogens with one attached hydrogen (secondary N) is 2. The zero-order valence-corrected chi connectivity index (χ0v) is 24.4. The third-order valence-corrected chi connectivity index (χ3v) is 8.54. The molecule has 1 saturated carbocycles. The Kier molecular flexibility index (Phi) is 7.28. The molecule has 3 heterocycles. The summed E-state index contributed by atoms with van der Waals surface area (Å²) in [4.78, 5) is 30.6. The highest BCUT2D eigenvalue weighted by atomic mass is 19.3. The van der Waals surface area contributed by atoms with Gasteiger partial charge in [0.1, 0.15) is 35.1 Å². The molecule has 242 valence electrons. The van der Waals surface area contributed by atoms with Crippen molar-refractivity contribution in [3.8, 4) is 11.1 Å². The number of H-pyrrole nitrogens is 1. The zero-order valence-electron chi connectivity index (χ0n) is 24.4. The first-order chi connectivity index (χ1) is 22.4. The maximum atomic E-state index is 15.2. The molecular weight excluding hydrogens is 630 g/mol. The summed E-state index contributed by atoms with van der Waals surface area (Å²) >= 11 is 0. The first kappa shape index (κ1) is 30.4. The van der Waals surface area contributed by atoms with E-state index in [0.29, 0.717) is 32.9 Å². The molecule has 2 aliphatic carbocycles. The van der Waals surface area contributed by atoms with E-state index in [1.165, 1.54) is 25.4 Å². The van der Waals surface area contributed by atoms with Crippen molar-refractivity contribution < 1.29 is 40.7 Å². The number of alkyl halides is 4. The third-order valence-electron chi connectivity index (χ3n) is 8.54. The topological polar surface area (TPSA) is 115 Å². The number of hydrogen-bond donors (Lipinski definition) is 2. The number of pyridine rings is 1. The summed E-state index contributed by atoms with van der Waals surface area (Å²) in [6, 6.07) is 9.66. The Morgan fingerprint density at radius 2 is 1.87 bits per heavy atom. The van der Waals surface area contributed by atoms with Gasteiger partial charge in [0.05, 0.1) is 36.1 Å². The lowest BCUT2D eigenvalue weighted by molar-refractivity contribution is -0.123. The van der Waals surface area contributed by atoms with E-state index in [1.807, 2.05) is 0 Å². The summed E-state index contributed by atoms with van der Waals surface area (Å²) in [5, 5.41) is 13.2. The number of methoxy groups -OCH3 is 1. The molecule has 7 rings (SSSR count). The maximum absolute atomic E-state index is 15.2. The van der Waals surface area contributed by atoms with Crippen molar-refractivity contribution in [3.63, 3.8) is 0 Å². The van der Waals surface area contributed by atoms with Gasteiger partial charge >= 0.3 is 5.97 Å². The number of carbonyl (C=O) groups is 2. The fourth-order valence-corrected chi connectivity index (χ4v) is 6.46. The van der Waals surface area contributed by atoms with Crippen molar-refractivity contribution in [2.24, 2.45) is 5.92 Å². The highest BCUT2D eigenvalue weighted by Crippen LogP contribution is 2.68. The SMILES string of the molecule is COC(=O)c1cccc(-c2cc3[nH]ncc3nc2C(Cc2cc(F)cc(F)c2)NC(=O)Cn2nc(C(F)F)c3c2C(F)(F)C2CC32)c1. The minimum absolute atomic E-state index is 0.0615. The monoisotopic (exact) mass is 654 g/mol. The summed E-state index contributed by atoms with van der Waals surface area (Å²) < 4.78 is 92.0. The molecule has 0 saturated heterocycles. The maximum Gasteiger partial charge on any atom is 0.337 e. The number of fused-ring (bicyclic) bond motifs is 4. The Labute approximate surface area is 261 Å². The molecule has 2 N–H and O–H groups in total. The molecule has 5 aromatic rings. The van der Waals surface area contributed by atoms with Crippen molar-refractivity contribution >= 4 is 22.9 Å². The average Bonchev–Trinajstić information content (AvgIpc) is 3.44. The number of amides is 1. The smallest absolute Gasteiger partial charge is 0.337 e. The Morgan fingerprint density at radius 1 is 1.11 bits per heavy atom. The molecule has 3 unspecified atom stereocenters. The van der Waals surface area contributed by atoms with Gasteiger partial charge in [-0.15, -0.1) is 0 Å². The Balaban J connectivity index is 1.30. The van der Waals surface area contributed by atoms with E-state index in [1.54, 1.807) is 18.2 Å². The van der Waals surface area contributed by atoms with E-state index in [-0.39, 0.29) is 35.2 Å². The van der Waals surface area contributed by atoms with E-state index in [0.717, 1.165) is 12.1 Å². The second kappa shape index (κ2) is 11.2. The van der Waals surface area contributed by atoms with Gasteiger partial charge in [0.25, 0.3) is 12.3 Å². The van der Waals surface area contributed by atoms with E-state index in [9.17, 15) is 27.2 Å². The van der Waals surface area contributed by atoms with Gasteiger partial charge in [-0.1, -0.05) is 12.1 Å². The molecule has 2 aliphatic rings. The molecule has 9 nitrogen and oxygen atoms in total. The third kappa shape index (κ3) is 5.38. The van der Waals surface area contributed by atoms with Crippen molar-refractivity contribution in [1.29, 1.82) is 0 Å². The number of aromatic amines is 1. The fourth-order valence-electron chi connectivity index (χ4n) is 6.46. The lowest BCUT2D eigenvalue weighted by atomic mass is 9.94. The molecule has 15 heteroatoms. The van der Waals surface area contributed by atoms with Crippen LogP contribution in [-0.2, 0) is 28.4 Å². The molecule has 0 aliphatic heterocycles. The van der Waals surface area contributed by atoms with Crippen LogP contribution in [0.5, 0.6) is 0 Å². The van der Waals surface area contributed by atoms with Crippen molar-refractivity contribution in [2.75, 3.05) is 7.11 Å². The summed E-state index contributed by atoms with van der Waals surface area (Å²) in [7, 11) is 1.22. The van der Waals surface area contributed by atoms with Crippen LogP contribution in [0, 0.1) is 17.6 Å². The number of benzene rings is 2. The van der Waals surface area contributed by atoms with Gasteiger partial charge in [-0.05, 0) is 60.2 Å². The van der Waals surface area contributed by atoms with E-state index < -0.39 is 71.7 Å². The fraction of sp³-hybridized carbons (Fsp3) is 0.281. The van der Waals surface area contributed by atoms with Gasteiger partial charge in [0.15, 0.2) is 0 Å². The molecule has 0 bridgehead atoms. The van der Waals surface area contributed by atoms with Crippen LogP contribution in [0.15, 0.2) is 54.7 Å². The number of halogens is 6. The summed E-state index contributed by atoms with van der Waals surface area (Å²) in [5.41, 5.74) is 0.527. The molecule has 0 radical (unpaired) electrons. The second-order valence-corrected chi connectivity index (χ2v) is 11.6. The first-order valence-electron chi connectivity index (χ1n) is 14.5. The molecule has 3 atom stereocenters. The number of ether oxygens (including phenoxy) is 1. The van der Waals surface area contributed by atoms with E-state index >= 15 is 8.78 Å². The number of carbonyl (C=O) groups excluding carboxylic acids is 2. The Morgan fingerprint density at radius 3 is 2.60 bits per heavy atom. The van der Waals surface area contributed by atoms with Crippen LogP contribution >= 0.6 is 0 Å². The van der Waals surface area contributed by atoms with Crippen molar-refractivity contribution in [2.45, 2.75) is 43.7 Å². The van der Waals surface area contributed by atoms with E-state index in [2.05, 4.69) is 25.6 Å². The molecule has 0 spiro atoms. The highest BCUT2D eigenvalue weighted by molar-refractivity contribution is 5.92. The standard InChI is InChI=1S/C32H24F6N6O3/c1-47-31(46)16-4-2-3-15(8-16)19-11-22-24(12-39-42-22)41-27(19)23(7-14-5-17(33)9-18(34)6-14)40-25(45)13-44-29-26(28(43-44)30(35)36)20-10-21(20)32(29,37)38/h2-6,8-9,11-12,20-21,23,30H,7,10,13H2,1H3,(H,39,42)(H,40,45). The average molecular weight is 655 g/mol. The Bertz CT molecular complexity index is 2040. The minimum atomic E-state index is -3.44. The number of rotatable bonds is 9. The molecular formula is C32H24F6N6O3. The summed E-state index contributed by atoms with van der Waals surface area (Å²) in [5.74, 6) is -8.56. The van der Waals surface area contributed by atoms with Crippen LogP contribution in [-0.4, -0.2) is 43.9 Å². The lowest BCUT2D eigenvalue weighted by Gasteiger charge is -2.23. The zero-order chi connectivity index (χ0) is 33.2. The van der Waals surface area contributed by atoms with Gasteiger partial charge in [0.2, 0.25) is 5.91 Å². The van der Waals surface area contributed by atoms with Crippen molar-refractivity contribution in [1.82, 2.24) is 30.3 Å². The van der Waals surface area contributed by atoms with Crippen LogP contribution in [0.1, 0.15) is 63.4 Å². The van der Waals surface area contributed by atoms with Gasteiger partial charge in [0, 0.05) is 23.1 Å². The number of nitrogens with zero attached hydrogens (tertiary/aromatic N) is 4. The van der Waals surface area contributed by atoms with Crippen LogP contribution < -0.4 is 5.32 Å². The number of esters is 1. The molecule has 1 fully saturated rings. The summed E-state index contributed by atoms with van der Waals surface area (Å²) in [6.45, 7) is -0.834. The molecule has 2 aromatic carbocycles. The largest absolute Gasteiger partial charge is 0.465 e. The summed E-state index contributed by atoms with van der Waals surface area (Å²) in [6.07, 6.45) is -1.86. The van der Waals surface area contributed by atoms with Crippen molar-refractivity contribution in [3.05, 3.63) is 100 Å². The minimum Gasteiger partial charge on any atom is -0.465 e. The van der Waals surface area contributed by atoms with Crippen LogP contribution in [0.3, 0.4) is 0 Å². The first-order valence-corrected chi connectivity index (χ1v) is 14.5. The van der Waals surface area contributed by atoms with E-state index in [4.69, 9.17) is 4.74 Å². The van der Waals surface area contributed by atoms with Gasteiger partial charge in [-0.25, -0.2) is 27.3 Å². The molecule has 3 aromatic heterocycles. The molecule has 47 heavy (non-hydrogen) atoms.